The van der Waals surface area contributed by atoms with Crippen LogP contribution in [-0.2, 0) is 0 Å². The summed E-state index contributed by atoms with van der Waals surface area (Å²) >= 11 is 5.88. The van der Waals surface area contributed by atoms with Crippen LogP contribution in [0.2, 0.25) is 5.02 Å². The third kappa shape index (κ3) is 4.35. The Morgan fingerprint density at radius 2 is 2.00 bits per heavy atom. The van der Waals surface area contributed by atoms with Gasteiger partial charge in [0.25, 0.3) is 5.91 Å². The number of anilines is 1. The Labute approximate surface area is 128 Å². The number of aliphatic hydroxyl groups excluding tert-OH is 1. The number of amides is 1. The number of benzene rings is 2. The topological polar surface area (TPSA) is 49.3 Å². The number of carbonyl (C=O) groups is 1. The van der Waals surface area contributed by atoms with E-state index in [2.05, 4.69) is 17.2 Å². The van der Waals surface area contributed by atoms with Crippen LogP contribution in [0, 0.1) is 11.8 Å². The maximum absolute atomic E-state index is 12.2. The standard InChI is InChI=1S/C17H14ClNO2/c18-15-9-5-8-14(12-15)17(21)19-16-10-2-1-6-13(16)7-3-4-11-20/h1-2,5-6,8-10,12,20H,4,11H2,(H,19,21). The normalized spacial score (nSPS) is 9.62. The molecule has 0 spiro atoms. The molecule has 0 aliphatic heterocycles. The lowest BCUT2D eigenvalue weighted by Gasteiger charge is -2.07. The number of hydrogen-bond acceptors (Lipinski definition) is 2. The number of halogens is 1. The molecular weight excluding hydrogens is 286 g/mol. The molecule has 0 aromatic heterocycles. The van der Waals surface area contributed by atoms with Crippen LogP contribution in [0.4, 0.5) is 5.69 Å². The molecule has 0 aliphatic carbocycles. The summed E-state index contributed by atoms with van der Waals surface area (Å²) in [6.45, 7) is 0.0179. The van der Waals surface area contributed by atoms with Gasteiger partial charge in [-0.2, -0.15) is 0 Å². The Balaban J connectivity index is 2.20. The average Bonchev–Trinajstić information content (AvgIpc) is 2.49. The van der Waals surface area contributed by atoms with Gasteiger partial charge in [0.1, 0.15) is 0 Å². The quantitative estimate of drug-likeness (QED) is 0.854. The van der Waals surface area contributed by atoms with Crippen molar-refractivity contribution >= 4 is 23.2 Å². The minimum Gasteiger partial charge on any atom is -0.395 e. The van der Waals surface area contributed by atoms with E-state index in [4.69, 9.17) is 16.7 Å². The second kappa shape index (κ2) is 7.49. The molecule has 2 rings (SSSR count). The van der Waals surface area contributed by atoms with Crippen molar-refractivity contribution in [1.29, 1.82) is 0 Å². The van der Waals surface area contributed by atoms with E-state index in [1.54, 1.807) is 30.3 Å². The SMILES string of the molecule is O=C(Nc1ccccc1C#CCCO)c1cccc(Cl)c1. The van der Waals surface area contributed by atoms with Crippen molar-refractivity contribution in [1.82, 2.24) is 0 Å². The van der Waals surface area contributed by atoms with Gasteiger partial charge in [0.2, 0.25) is 0 Å². The first-order chi connectivity index (χ1) is 10.2. The number of nitrogens with one attached hydrogen (secondary N) is 1. The van der Waals surface area contributed by atoms with Crippen LogP contribution in [0.3, 0.4) is 0 Å². The number of para-hydroxylation sites is 1. The average molecular weight is 300 g/mol. The fourth-order valence-electron chi connectivity index (χ4n) is 1.74. The van der Waals surface area contributed by atoms with E-state index >= 15 is 0 Å². The van der Waals surface area contributed by atoms with Gasteiger partial charge in [0.05, 0.1) is 12.3 Å². The van der Waals surface area contributed by atoms with E-state index in [1.807, 2.05) is 18.2 Å². The predicted molar refractivity (Wildman–Crippen MR) is 84.4 cm³/mol. The summed E-state index contributed by atoms with van der Waals surface area (Å²) < 4.78 is 0. The minimum absolute atomic E-state index is 0.0179. The molecule has 0 saturated carbocycles. The third-order valence-corrected chi connectivity index (χ3v) is 2.96. The Hall–Kier alpha value is -2.28. The van der Waals surface area contributed by atoms with Crippen LogP contribution < -0.4 is 5.32 Å². The molecule has 0 heterocycles. The van der Waals surface area contributed by atoms with Crippen molar-refractivity contribution in [2.75, 3.05) is 11.9 Å². The fourth-order valence-corrected chi connectivity index (χ4v) is 1.93. The summed E-state index contributed by atoms with van der Waals surface area (Å²) in [4.78, 5) is 12.2. The Morgan fingerprint density at radius 1 is 1.19 bits per heavy atom. The van der Waals surface area contributed by atoms with Gasteiger partial charge < -0.3 is 10.4 Å². The number of rotatable bonds is 3. The Bertz CT molecular complexity index is 701. The maximum atomic E-state index is 12.2. The zero-order chi connectivity index (χ0) is 15.1. The Kier molecular flexibility index (Phi) is 5.39. The predicted octanol–water partition coefficient (Wildman–Crippen LogP) is 3.33. The molecule has 0 bridgehead atoms. The lowest BCUT2D eigenvalue weighted by atomic mass is 10.1. The highest BCUT2D eigenvalue weighted by molar-refractivity contribution is 6.31. The van der Waals surface area contributed by atoms with Gasteiger partial charge in [-0.1, -0.05) is 41.6 Å². The van der Waals surface area contributed by atoms with E-state index < -0.39 is 0 Å². The summed E-state index contributed by atoms with van der Waals surface area (Å²) in [5.41, 5.74) is 1.83. The molecule has 0 unspecified atom stereocenters. The molecular formula is C17H14ClNO2. The molecule has 21 heavy (non-hydrogen) atoms. The summed E-state index contributed by atoms with van der Waals surface area (Å²) in [6.07, 6.45) is 0.399. The van der Waals surface area contributed by atoms with Crippen molar-refractivity contribution in [3.8, 4) is 11.8 Å². The van der Waals surface area contributed by atoms with E-state index in [0.29, 0.717) is 28.3 Å². The van der Waals surface area contributed by atoms with Crippen LogP contribution >= 0.6 is 11.6 Å². The first-order valence-corrected chi connectivity index (χ1v) is 6.84. The Morgan fingerprint density at radius 3 is 2.76 bits per heavy atom. The summed E-state index contributed by atoms with van der Waals surface area (Å²) in [7, 11) is 0. The first-order valence-electron chi connectivity index (χ1n) is 6.46. The van der Waals surface area contributed by atoms with Gasteiger partial charge in [-0.05, 0) is 30.3 Å². The van der Waals surface area contributed by atoms with Gasteiger partial charge in [-0.25, -0.2) is 0 Å². The van der Waals surface area contributed by atoms with Gasteiger partial charge >= 0.3 is 0 Å². The van der Waals surface area contributed by atoms with Gasteiger partial charge in [0.15, 0.2) is 0 Å². The molecule has 0 saturated heterocycles. The molecule has 0 aliphatic rings. The molecule has 0 atom stereocenters. The molecule has 1 amide bonds. The van der Waals surface area contributed by atoms with Crippen molar-refractivity contribution in [3.63, 3.8) is 0 Å². The first kappa shape index (κ1) is 15.1. The van der Waals surface area contributed by atoms with Crippen molar-refractivity contribution in [2.45, 2.75) is 6.42 Å². The minimum atomic E-state index is -0.242. The van der Waals surface area contributed by atoms with Gasteiger partial charge in [-0.15, -0.1) is 0 Å². The fraction of sp³-hybridized carbons (Fsp3) is 0.118. The summed E-state index contributed by atoms with van der Waals surface area (Å²) in [5.74, 6) is 5.53. The lowest BCUT2D eigenvalue weighted by Crippen LogP contribution is -2.12. The number of carbonyl (C=O) groups excluding carboxylic acids is 1. The maximum Gasteiger partial charge on any atom is 0.255 e. The lowest BCUT2D eigenvalue weighted by molar-refractivity contribution is 0.102. The van der Waals surface area contributed by atoms with Crippen LogP contribution in [0.5, 0.6) is 0 Å². The zero-order valence-electron chi connectivity index (χ0n) is 11.3. The molecule has 3 nitrogen and oxygen atoms in total. The van der Waals surface area contributed by atoms with Gasteiger partial charge in [0, 0.05) is 22.6 Å². The molecule has 2 aromatic rings. The van der Waals surface area contributed by atoms with Crippen molar-refractivity contribution in [3.05, 3.63) is 64.7 Å². The third-order valence-electron chi connectivity index (χ3n) is 2.72. The van der Waals surface area contributed by atoms with Crippen LogP contribution in [0.15, 0.2) is 48.5 Å². The van der Waals surface area contributed by atoms with Crippen LogP contribution in [0.25, 0.3) is 0 Å². The van der Waals surface area contributed by atoms with E-state index in [0.717, 1.165) is 0 Å². The molecule has 0 radical (unpaired) electrons. The molecule has 2 aromatic carbocycles. The highest BCUT2D eigenvalue weighted by atomic mass is 35.5. The molecule has 0 fully saturated rings. The number of aliphatic hydroxyl groups is 1. The zero-order valence-corrected chi connectivity index (χ0v) is 12.0. The molecule has 106 valence electrons. The van der Waals surface area contributed by atoms with Crippen molar-refractivity contribution < 1.29 is 9.90 Å². The number of hydrogen-bond donors (Lipinski definition) is 2. The monoisotopic (exact) mass is 299 g/mol. The highest BCUT2D eigenvalue weighted by Crippen LogP contribution is 2.16. The summed E-state index contributed by atoms with van der Waals surface area (Å²) in [6, 6.07) is 14.0. The van der Waals surface area contributed by atoms with Crippen LogP contribution in [0.1, 0.15) is 22.3 Å². The summed E-state index contributed by atoms with van der Waals surface area (Å²) in [5, 5.41) is 12.1. The van der Waals surface area contributed by atoms with Crippen LogP contribution in [-0.4, -0.2) is 17.6 Å². The van der Waals surface area contributed by atoms with E-state index in [9.17, 15) is 4.79 Å². The second-order valence-corrected chi connectivity index (χ2v) is 4.72. The molecule has 4 heteroatoms. The smallest absolute Gasteiger partial charge is 0.255 e. The largest absolute Gasteiger partial charge is 0.395 e. The van der Waals surface area contributed by atoms with E-state index in [1.165, 1.54) is 0 Å². The van der Waals surface area contributed by atoms with Gasteiger partial charge in [-0.3, -0.25) is 4.79 Å². The van der Waals surface area contributed by atoms with Crippen molar-refractivity contribution in [2.24, 2.45) is 0 Å². The highest BCUT2D eigenvalue weighted by Gasteiger charge is 2.08. The van der Waals surface area contributed by atoms with E-state index in [-0.39, 0.29) is 12.5 Å². The molecule has 2 N–H and O–H groups in total. The second-order valence-electron chi connectivity index (χ2n) is 4.29.